The van der Waals surface area contributed by atoms with Crippen LogP contribution in [0.5, 0.6) is 0 Å². The van der Waals surface area contributed by atoms with Crippen molar-refractivity contribution in [3.63, 3.8) is 0 Å². The first-order chi connectivity index (χ1) is 8.22. The number of pyridine rings is 1. The lowest BCUT2D eigenvalue weighted by molar-refractivity contribution is 0.0963. The van der Waals surface area contributed by atoms with E-state index in [2.05, 4.69) is 22.1 Å². The van der Waals surface area contributed by atoms with Crippen LogP contribution in [0.4, 0.5) is 5.82 Å². The zero-order valence-electron chi connectivity index (χ0n) is 10.4. The molecule has 0 saturated carbocycles. The highest BCUT2D eigenvalue weighted by Gasteiger charge is 2.21. The van der Waals surface area contributed by atoms with E-state index in [4.69, 9.17) is 0 Å². The van der Waals surface area contributed by atoms with Gasteiger partial charge >= 0.3 is 0 Å². The molecule has 2 rings (SSSR count). The molecule has 0 atom stereocenters. The Morgan fingerprint density at radius 3 is 2.82 bits per heavy atom. The van der Waals surface area contributed by atoms with Gasteiger partial charge in [-0.1, -0.05) is 6.92 Å². The van der Waals surface area contributed by atoms with Crippen LogP contribution in [-0.2, 0) is 0 Å². The first kappa shape index (κ1) is 11.9. The molecule has 0 aliphatic carbocycles. The highest BCUT2D eigenvalue weighted by molar-refractivity contribution is 5.98. The molecule has 0 spiro atoms. The van der Waals surface area contributed by atoms with Crippen molar-refractivity contribution in [1.82, 2.24) is 10.3 Å². The number of hydrogen-bond donors (Lipinski definition) is 1. The van der Waals surface area contributed by atoms with Crippen molar-refractivity contribution in [2.75, 3.05) is 25.0 Å². The van der Waals surface area contributed by atoms with Crippen LogP contribution in [0.1, 0.15) is 30.1 Å². The number of carbonyl (C=O) groups excluding carboxylic acids is 1. The molecule has 1 fully saturated rings. The largest absolute Gasteiger partial charge is 0.356 e. The first-order valence-electron chi connectivity index (χ1n) is 6.14. The highest BCUT2D eigenvalue weighted by Crippen LogP contribution is 2.23. The fraction of sp³-hybridized carbons (Fsp3) is 0.538. The number of nitrogens with one attached hydrogen (secondary N) is 1. The van der Waals surface area contributed by atoms with Crippen LogP contribution < -0.4 is 10.2 Å². The van der Waals surface area contributed by atoms with Crippen LogP contribution >= 0.6 is 0 Å². The molecular formula is C13H19N3O. The fourth-order valence-electron chi connectivity index (χ4n) is 2.18. The van der Waals surface area contributed by atoms with Crippen LogP contribution in [0.15, 0.2) is 18.3 Å². The summed E-state index contributed by atoms with van der Waals surface area (Å²) in [5.74, 6) is 1.53. The molecule has 0 bridgehead atoms. The SMILES string of the molecule is CNC(=O)c1cccnc1N1CCC(C)CC1. The Morgan fingerprint density at radius 1 is 1.47 bits per heavy atom. The van der Waals surface area contributed by atoms with Gasteiger partial charge in [0.2, 0.25) is 0 Å². The quantitative estimate of drug-likeness (QED) is 0.845. The number of piperidine rings is 1. The van der Waals surface area contributed by atoms with Crippen molar-refractivity contribution in [1.29, 1.82) is 0 Å². The first-order valence-corrected chi connectivity index (χ1v) is 6.14. The molecule has 4 heteroatoms. The van der Waals surface area contributed by atoms with Gasteiger partial charge in [-0.15, -0.1) is 0 Å². The molecule has 2 heterocycles. The number of amides is 1. The van der Waals surface area contributed by atoms with Crippen LogP contribution in [0.2, 0.25) is 0 Å². The van der Waals surface area contributed by atoms with E-state index in [1.165, 1.54) is 12.8 Å². The molecule has 1 aliphatic rings. The topological polar surface area (TPSA) is 45.2 Å². The van der Waals surface area contributed by atoms with Crippen LogP contribution in [0, 0.1) is 5.92 Å². The average Bonchev–Trinajstić information content (AvgIpc) is 2.39. The molecule has 1 amide bonds. The molecule has 0 aromatic carbocycles. The standard InChI is InChI=1S/C13H19N3O/c1-10-5-8-16(9-6-10)12-11(13(17)14-2)4-3-7-15-12/h3-4,7,10H,5-6,8-9H2,1-2H3,(H,14,17). The van der Waals surface area contributed by atoms with E-state index in [1.807, 2.05) is 6.07 Å². The third-order valence-corrected chi connectivity index (χ3v) is 3.34. The summed E-state index contributed by atoms with van der Waals surface area (Å²) in [5, 5.41) is 2.66. The summed E-state index contributed by atoms with van der Waals surface area (Å²) >= 11 is 0. The molecule has 1 aromatic heterocycles. The number of carbonyl (C=O) groups is 1. The molecule has 1 saturated heterocycles. The Bertz CT molecular complexity index is 397. The van der Waals surface area contributed by atoms with E-state index in [0.717, 1.165) is 24.8 Å². The number of rotatable bonds is 2. The van der Waals surface area contributed by atoms with Crippen LogP contribution in [0.3, 0.4) is 0 Å². The van der Waals surface area contributed by atoms with Gasteiger partial charge in [0.1, 0.15) is 5.82 Å². The second-order valence-corrected chi connectivity index (χ2v) is 4.62. The lowest BCUT2D eigenvalue weighted by Gasteiger charge is -2.32. The molecule has 17 heavy (non-hydrogen) atoms. The molecule has 1 aromatic rings. The van der Waals surface area contributed by atoms with E-state index in [0.29, 0.717) is 5.56 Å². The van der Waals surface area contributed by atoms with Crippen molar-refractivity contribution < 1.29 is 4.79 Å². The summed E-state index contributed by atoms with van der Waals surface area (Å²) in [6.07, 6.45) is 4.09. The Hall–Kier alpha value is -1.58. The molecular weight excluding hydrogens is 214 g/mol. The van der Waals surface area contributed by atoms with Gasteiger partial charge < -0.3 is 10.2 Å². The number of anilines is 1. The molecule has 0 radical (unpaired) electrons. The van der Waals surface area contributed by atoms with Crippen molar-refractivity contribution >= 4 is 11.7 Å². The maximum Gasteiger partial charge on any atom is 0.254 e. The minimum absolute atomic E-state index is 0.0632. The van der Waals surface area contributed by atoms with Crippen molar-refractivity contribution in [3.05, 3.63) is 23.9 Å². The normalized spacial score (nSPS) is 16.9. The minimum Gasteiger partial charge on any atom is -0.356 e. The Morgan fingerprint density at radius 2 is 2.18 bits per heavy atom. The van der Waals surface area contributed by atoms with Gasteiger partial charge in [0.05, 0.1) is 5.56 Å². The van der Waals surface area contributed by atoms with E-state index in [-0.39, 0.29) is 5.91 Å². The molecule has 1 aliphatic heterocycles. The summed E-state index contributed by atoms with van der Waals surface area (Å²) in [6, 6.07) is 3.64. The van der Waals surface area contributed by atoms with E-state index < -0.39 is 0 Å². The zero-order valence-corrected chi connectivity index (χ0v) is 10.4. The van der Waals surface area contributed by atoms with Gasteiger partial charge in [0.15, 0.2) is 0 Å². The highest BCUT2D eigenvalue weighted by atomic mass is 16.1. The Balaban J connectivity index is 2.23. The summed E-state index contributed by atoms with van der Waals surface area (Å²) < 4.78 is 0. The van der Waals surface area contributed by atoms with Crippen molar-refractivity contribution in [2.45, 2.75) is 19.8 Å². The smallest absolute Gasteiger partial charge is 0.254 e. The average molecular weight is 233 g/mol. The van der Waals surface area contributed by atoms with Gasteiger partial charge in [-0.25, -0.2) is 4.98 Å². The molecule has 0 unspecified atom stereocenters. The Kier molecular flexibility index (Phi) is 3.61. The van der Waals surface area contributed by atoms with E-state index in [9.17, 15) is 4.79 Å². The maximum atomic E-state index is 11.8. The maximum absolute atomic E-state index is 11.8. The predicted octanol–water partition coefficient (Wildman–Crippen LogP) is 1.68. The monoisotopic (exact) mass is 233 g/mol. The number of hydrogen-bond acceptors (Lipinski definition) is 3. The second-order valence-electron chi connectivity index (χ2n) is 4.62. The van der Waals surface area contributed by atoms with E-state index in [1.54, 1.807) is 19.3 Å². The third-order valence-electron chi connectivity index (χ3n) is 3.34. The molecule has 1 N–H and O–H groups in total. The molecule has 4 nitrogen and oxygen atoms in total. The lowest BCUT2D eigenvalue weighted by atomic mass is 9.99. The van der Waals surface area contributed by atoms with Gasteiger partial charge in [0.25, 0.3) is 5.91 Å². The van der Waals surface area contributed by atoms with Gasteiger partial charge in [-0.05, 0) is 30.9 Å². The third kappa shape index (κ3) is 2.57. The second kappa shape index (κ2) is 5.17. The number of nitrogens with zero attached hydrogens (tertiary/aromatic N) is 2. The van der Waals surface area contributed by atoms with Crippen molar-refractivity contribution in [2.24, 2.45) is 5.92 Å². The molecule has 92 valence electrons. The van der Waals surface area contributed by atoms with Crippen molar-refractivity contribution in [3.8, 4) is 0 Å². The zero-order chi connectivity index (χ0) is 12.3. The number of aromatic nitrogens is 1. The summed E-state index contributed by atoms with van der Waals surface area (Å²) in [6.45, 7) is 4.25. The summed E-state index contributed by atoms with van der Waals surface area (Å²) in [7, 11) is 1.65. The van der Waals surface area contributed by atoms with Crippen LogP contribution in [0.25, 0.3) is 0 Å². The summed E-state index contributed by atoms with van der Waals surface area (Å²) in [4.78, 5) is 18.3. The fourth-order valence-corrected chi connectivity index (χ4v) is 2.18. The minimum atomic E-state index is -0.0632. The Labute approximate surface area is 102 Å². The van der Waals surface area contributed by atoms with Gasteiger partial charge in [0, 0.05) is 26.3 Å². The van der Waals surface area contributed by atoms with E-state index >= 15 is 0 Å². The lowest BCUT2D eigenvalue weighted by Crippen LogP contribution is -2.35. The van der Waals surface area contributed by atoms with Gasteiger partial charge in [-0.2, -0.15) is 0 Å². The van der Waals surface area contributed by atoms with Gasteiger partial charge in [-0.3, -0.25) is 4.79 Å². The van der Waals surface area contributed by atoms with Crippen LogP contribution in [-0.4, -0.2) is 31.0 Å². The summed E-state index contributed by atoms with van der Waals surface area (Å²) in [5.41, 5.74) is 0.671. The predicted molar refractivity (Wildman–Crippen MR) is 68.2 cm³/mol.